The SMILES string of the molecule is CC(C)n1c(=O)n(CC2CCOC2)c(=O)c2cc(NC(=O)N3CCO[C@@H](C(=O)Nc4ccc(C#N)c(Cl)c4)C3)c(F)cc21. The van der Waals surface area contributed by atoms with Crippen molar-refractivity contribution in [1.29, 1.82) is 5.26 Å². The van der Waals surface area contributed by atoms with Crippen LogP contribution in [-0.2, 0) is 20.8 Å². The number of fused-ring (bicyclic) bond motifs is 1. The molecule has 0 aliphatic carbocycles. The Morgan fingerprint density at radius 1 is 1.19 bits per heavy atom. The van der Waals surface area contributed by atoms with Crippen molar-refractivity contribution in [1.82, 2.24) is 14.0 Å². The van der Waals surface area contributed by atoms with Crippen LogP contribution in [0, 0.1) is 23.1 Å². The molecular formula is C29H30ClFN6O6. The van der Waals surface area contributed by atoms with Crippen LogP contribution in [0.25, 0.3) is 10.9 Å². The van der Waals surface area contributed by atoms with Crippen molar-refractivity contribution in [2.75, 3.05) is 43.5 Å². The molecule has 0 saturated carbocycles. The number of rotatable bonds is 6. The van der Waals surface area contributed by atoms with E-state index in [-0.39, 0.29) is 65.4 Å². The topological polar surface area (TPSA) is 148 Å². The van der Waals surface area contributed by atoms with Gasteiger partial charge in [-0.3, -0.25) is 18.7 Å². The number of carbonyl (C=O) groups excluding carboxylic acids is 2. The smallest absolute Gasteiger partial charge is 0.331 e. The molecule has 2 N–H and O–H groups in total. The van der Waals surface area contributed by atoms with E-state index < -0.39 is 35.1 Å². The van der Waals surface area contributed by atoms with Gasteiger partial charge >= 0.3 is 11.7 Å². The molecular weight excluding hydrogens is 583 g/mol. The third-order valence-corrected chi connectivity index (χ3v) is 7.80. The fraction of sp³-hybridized carbons (Fsp3) is 0.414. The summed E-state index contributed by atoms with van der Waals surface area (Å²) in [6.45, 7) is 4.76. The Balaban J connectivity index is 1.36. The maximum atomic E-state index is 15.3. The molecule has 226 valence electrons. The Bertz CT molecular complexity index is 1740. The average Bonchev–Trinajstić information content (AvgIpc) is 3.49. The van der Waals surface area contributed by atoms with Gasteiger partial charge in [-0.25, -0.2) is 14.0 Å². The number of carbonyl (C=O) groups is 2. The highest BCUT2D eigenvalue weighted by atomic mass is 35.5. The molecule has 1 aromatic heterocycles. The lowest BCUT2D eigenvalue weighted by Gasteiger charge is -2.32. The minimum Gasteiger partial charge on any atom is -0.381 e. The van der Waals surface area contributed by atoms with E-state index in [4.69, 9.17) is 26.3 Å². The molecule has 14 heteroatoms. The minimum atomic E-state index is -1.03. The lowest BCUT2D eigenvalue weighted by Crippen LogP contribution is -2.51. The van der Waals surface area contributed by atoms with Gasteiger partial charge in [0.15, 0.2) is 6.10 Å². The van der Waals surface area contributed by atoms with E-state index in [0.29, 0.717) is 18.9 Å². The van der Waals surface area contributed by atoms with E-state index in [9.17, 15) is 19.2 Å². The summed E-state index contributed by atoms with van der Waals surface area (Å²) in [5, 5.41) is 14.4. The van der Waals surface area contributed by atoms with Gasteiger partial charge in [0.05, 0.1) is 46.9 Å². The van der Waals surface area contributed by atoms with Gasteiger partial charge in [-0.1, -0.05) is 11.6 Å². The number of urea groups is 1. The Morgan fingerprint density at radius 2 is 1.98 bits per heavy atom. The number of benzene rings is 2. The van der Waals surface area contributed by atoms with Crippen LogP contribution in [0.3, 0.4) is 0 Å². The van der Waals surface area contributed by atoms with Crippen molar-refractivity contribution < 1.29 is 23.5 Å². The van der Waals surface area contributed by atoms with Crippen LogP contribution in [0.4, 0.5) is 20.6 Å². The lowest BCUT2D eigenvalue weighted by atomic mass is 10.1. The third-order valence-electron chi connectivity index (χ3n) is 7.48. The summed E-state index contributed by atoms with van der Waals surface area (Å²) in [4.78, 5) is 54.1. The molecule has 0 radical (unpaired) electrons. The molecule has 0 bridgehead atoms. The van der Waals surface area contributed by atoms with Crippen LogP contribution < -0.4 is 21.9 Å². The number of hydrogen-bond acceptors (Lipinski definition) is 7. The average molecular weight is 613 g/mol. The predicted molar refractivity (Wildman–Crippen MR) is 157 cm³/mol. The van der Waals surface area contributed by atoms with Gasteiger partial charge in [0.25, 0.3) is 11.5 Å². The number of amides is 3. The molecule has 5 rings (SSSR count). The fourth-order valence-electron chi connectivity index (χ4n) is 5.23. The number of anilines is 2. The molecule has 12 nitrogen and oxygen atoms in total. The van der Waals surface area contributed by atoms with Gasteiger partial charge in [0, 0.05) is 43.4 Å². The van der Waals surface area contributed by atoms with Crippen LogP contribution in [0.2, 0.25) is 5.02 Å². The second-order valence-electron chi connectivity index (χ2n) is 10.8. The molecule has 2 aliphatic heterocycles. The third kappa shape index (κ3) is 6.27. The zero-order valence-electron chi connectivity index (χ0n) is 23.6. The fourth-order valence-corrected chi connectivity index (χ4v) is 5.46. The van der Waals surface area contributed by atoms with E-state index in [1.165, 1.54) is 33.7 Å². The summed E-state index contributed by atoms with van der Waals surface area (Å²) < 4.78 is 28.8. The number of hydrogen-bond donors (Lipinski definition) is 2. The maximum Gasteiger partial charge on any atom is 0.331 e. The largest absolute Gasteiger partial charge is 0.381 e. The van der Waals surface area contributed by atoms with Gasteiger partial charge in [-0.2, -0.15) is 5.26 Å². The molecule has 0 spiro atoms. The Morgan fingerprint density at radius 3 is 2.65 bits per heavy atom. The van der Waals surface area contributed by atoms with Gasteiger partial charge in [0.2, 0.25) is 0 Å². The number of nitrogens with one attached hydrogen (secondary N) is 2. The number of nitrogens with zero attached hydrogens (tertiary/aromatic N) is 4. The first-order valence-electron chi connectivity index (χ1n) is 13.8. The molecule has 2 aliphatic rings. The van der Waals surface area contributed by atoms with Crippen LogP contribution in [0.15, 0.2) is 39.9 Å². The first-order valence-corrected chi connectivity index (χ1v) is 14.2. The van der Waals surface area contributed by atoms with E-state index >= 15 is 4.39 Å². The predicted octanol–water partition coefficient (Wildman–Crippen LogP) is 3.32. The zero-order chi connectivity index (χ0) is 30.8. The first-order chi connectivity index (χ1) is 20.6. The number of aromatic nitrogens is 2. The standard InChI is InChI=1S/C29H30ClFN6O6/c1-16(2)37-24-11-22(31)23(10-20(24)27(39)36(29(37)41)13-17-5-7-42-15-17)34-28(40)35-6-8-43-25(14-35)26(38)33-19-4-3-18(12-32)21(30)9-19/h3-4,9-11,16-17,25H,5-8,13-15H2,1-2H3,(H,33,38)(H,34,40)/t17?,25-/m1/s1. The molecule has 2 saturated heterocycles. The van der Waals surface area contributed by atoms with Crippen molar-refractivity contribution in [3.63, 3.8) is 0 Å². The van der Waals surface area contributed by atoms with E-state index in [1.807, 2.05) is 6.07 Å². The number of ether oxygens (including phenoxy) is 2. The van der Waals surface area contributed by atoms with Gasteiger partial charge in [-0.15, -0.1) is 0 Å². The quantitative estimate of drug-likeness (QED) is 0.434. The van der Waals surface area contributed by atoms with Gasteiger partial charge in [0.1, 0.15) is 11.9 Å². The van der Waals surface area contributed by atoms with Crippen molar-refractivity contribution in [3.05, 3.63) is 67.6 Å². The minimum absolute atomic E-state index is 0.00319. The monoisotopic (exact) mass is 612 g/mol. The lowest BCUT2D eigenvalue weighted by molar-refractivity contribution is -0.131. The van der Waals surface area contributed by atoms with Gasteiger partial charge in [-0.05, 0) is 44.5 Å². The summed E-state index contributed by atoms with van der Waals surface area (Å²) in [5.74, 6) is -1.35. The summed E-state index contributed by atoms with van der Waals surface area (Å²) in [7, 11) is 0. The highest BCUT2D eigenvalue weighted by Crippen LogP contribution is 2.24. The van der Waals surface area contributed by atoms with Gasteiger partial charge < -0.3 is 25.0 Å². The molecule has 3 amide bonds. The van der Waals surface area contributed by atoms with Crippen LogP contribution in [0.5, 0.6) is 0 Å². The second-order valence-corrected chi connectivity index (χ2v) is 11.2. The summed E-state index contributed by atoms with van der Waals surface area (Å²) in [6.07, 6.45) is -0.307. The second kappa shape index (κ2) is 12.5. The van der Waals surface area contributed by atoms with E-state index in [0.717, 1.165) is 17.1 Å². The van der Waals surface area contributed by atoms with Crippen molar-refractivity contribution in [2.45, 2.75) is 39.0 Å². The van der Waals surface area contributed by atoms with E-state index in [1.54, 1.807) is 13.8 Å². The normalized spacial score (nSPS) is 18.6. The molecule has 2 fully saturated rings. The molecule has 2 atom stereocenters. The zero-order valence-corrected chi connectivity index (χ0v) is 24.3. The molecule has 3 aromatic rings. The van der Waals surface area contributed by atoms with Crippen LogP contribution in [-0.4, -0.2) is 65.0 Å². The van der Waals surface area contributed by atoms with E-state index in [2.05, 4.69) is 10.6 Å². The van der Waals surface area contributed by atoms with Crippen molar-refractivity contribution >= 4 is 45.8 Å². The highest BCUT2D eigenvalue weighted by molar-refractivity contribution is 6.32. The summed E-state index contributed by atoms with van der Waals surface area (Å²) in [6, 6.07) is 7.62. The Labute approximate surface area is 250 Å². The number of halogens is 2. The maximum absolute atomic E-state index is 15.3. The van der Waals surface area contributed by atoms with Crippen LogP contribution >= 0.6 is 11.6 Å². The van der Waals surface area contributed by atoms with Crippen molar-refractivity contribution in [2.24, 2.45) is 5.92 Å². The highest BCUT2D eigenvalue weighted by Gasteiger charge is 2.30. The number of nitriles is 1. The molecule has 2 aromatic carbocycles. The van der Waals surface area contributed by atoms with Crippen LogP contribution in [0.1, 0.15) is 31.9 Å². The molecule has 1 unspecified atom stereocenters. The number of morpholine rings is 1. The summed E-state index contributed by atoms with van der Waals surface area (Å²) in [5.41, 5.74) is -0.609. The molecule has 3 heterocycles. The summed E-state index contributed by atoms with van der Waals surface area (Å²) >= 11 is 6.04. The Kier molecular flexibility index (Phi) is 8.82. The first kappa shape index (κ1) is 30.2. The van der Waals surface area contributed by atoms with Crippen molar-refractivity contribution in [3.8, 4) is 6.07 Å². The molecule has 43 heavy (non-hydrogen) atoms. The Hall–Kier alpha value is -4.25.